The number of aromatic hydroxyl groups is 1. The van der Waals surface area contributed by atoms with Gasteiger partial charge in [-0.15, -0.1) is 11.3 Å². The second kappa shape index (κ2) is 5.43. The summed E-state index contributed by atoms with van der Waals surface area (Å²) in [6, 6.07) is 6.32. The first kappa shape index (κ1) is 14.8. The molecule has 1 aromatic carbocycles. The van der Waals surface area contributed by atoms with Gasteiger partial charge in [0.15, 0.2) is 0 Å². The summed E-state index contributed by atoms with van der Waals surface area (Å²) in [5.41, 5.74) is -0.317. The molecule has 0 fully saturated rings. The fraction of sp³-hybridized carbons (Fsp3) is 0. The fourth-order valence-electron chi connectivity index (χ4n) is 1.39. The summed E-state index contributed by atoms with van der Waals surface area (Å²) in [5.74, 6) is -1.57. The highest BCUT2D eigenvalue weighted by Gasteiger charge is 2.19. The van der Waals surface area contributed by atoms with Gasteiger partial charge in [0.25, 0.3) is 10.0 Å². The Morgan fingerprint density at radius 1 is 1.25 bits per heavy atom. The number of phenols is 1. The average Bonchev–Trinajstić information content (AvgIpc) is 2.79. The lowest BCUT2D eigenvalue weighted by molar-refractivity contribution is 0.0697. The topological polar surface area (TPSA) is 104 Å². The number of carboxylic acids is 1. The van der Waals surface area contributed by atoms with E-state index in [4.69, 9.17) is 5.11 Å². The number of anilines is 1. The number of halogens is 1. The number of benzene rings is 1. The van der Waals surface area contributed by atoms with Gasteiger partial charge >= 0.3 is 5.97 Å². The lowest BCUT2D eigenvalue weighted by atomic mass is 10.2. The molecule has 2 rings (SSSR count). The zero-order chi connectivity index (χ0) is 14.9. The number of thiophene rings is 1. The van der Waals surface area contributed by atoms with Crippen LogP contribution in [0.2, 0.25) is 0 Å². The van der Waals surface area contributed by atoms with Crippen molar-refractivity contribution >= 4 is 48.9 Å². The van der Waals surface area contributed by atoms with Crippen molar-refractivity contribution in [2.75, 3.05) is 4.72 Å². The molecule has 0 aliphatic carbocycles. The SMILES string of the molecule is O=C(O)c1ccc(O)c(NS(=O)(=O)c2ccc(Br)s2)c1. The number of aromatic carboxylic acids is 1. The molecule has 1 aromatic heterocycles. The highest BCUT2D eigenvalue weighted by Crippen LogP contribution is 2.30. The Morgan fingerprint density at radius 2 is 1.95 bits per heavy atom. The first-order chi connectivity index (χ1) is 9.29. The molecule has 3 N–H and O–H groups in total. The van der Waals surface area contributed by atoms with E-state index in [1.807, 2.05) is 0 Å². The summed E-state index contributed by atoms with van der Waals surface area (Å²) in [7, 11) is -3.87. The third kappa shape index (κ3) is 3.11. The van der Waals surface area contributed by atoms with E-state index < -0.39 is 16.0 Å². The summed E-state index contributed by atoms with van der Waals surface area (Å²) in [6.45, 7) is 0. The third-order valence-corrected chi connectivity index (χ3v) is 5.78. The van der Waals surface area contributed by atoms with E-state index >= 15 is 0 Å². The lowest BCUT2D eigenvalue weighted by Gasteiger charge is -2.08. The first-order valence-corrected chi connectivity index (χ1v) is 8.23. The van der Waals surface area contributed by atoms with Gasteiger partial charge < -0.3 is 10.2 Å². The van der Waals surface area contributed by atoms with Gasteiger partial charge in [-0.3, -0.25) is 4.72 Å². The molecule has 6 nitrogen and oxygen atoms in total. The maximum absolute atomic E-state index is 12.1. The van der Waals surface area contributed by atoms with E-state index in [2.05, 4.69) is 20.7 Å². The molecule has 0 spiro atoms. The number of carbonyl (C=O) groups is 1. The standard InChI is InChI=1S/C11H8BrNO5S2/c12-9-3-4-10(19-9)20(17,18)13-7-5-6(11(15)16)1-2-8(7)14/h1-5,13-14H,(H,15,16). The molecule has 106 valence electrons. The molecule has 0 radical (unpaired) electrons. The number of rotatable bonds is 4. The van der Waals surface area contributed by atoms with Gasteiger partial charge in [0.2, 0.25) is 0 Å². The summed E-state index contributed by atoms with van der Waals surface area (Å²) >= 11 is 4.15. The summed E-state index contributed by atoms with van der Waals surface area (Å²) in [4.78, 5) is 10.8. The zero-order valence-corrected chi connectivity index (χ0v) is 12.9. The number of carboxylic acid groups (broad SMARTS) is 1. The van der Waals surface area contributed by atoms with Crippen molar-refractivity contribution < 1.29 is 23.4 Å². The van der Waals surface area contributed by atoms with Gasteiger partial charge in [-0.2, -0.15) is 0 Å². The Bertz CT molecular complexity index is 769. The van der Waals surface area contributed by atoms with E-state index in [9.17, 15) is 18.3 Å². The Labute approximate surface area is 126 Å². The van der Waals surface area contributed by atoms with Crippen molar-refractivity contribution in [3.05, 3.63) is 39.7 Å². The smallest absolute Gasteiger partial charge is 0.335 e. The molecule has 0 saturated carbocycles. The van der Waals surface area contributed by atoms with Crippen molar-refractivity contribution in [3.63, 3.8) is 0 Å². The molecule has 2 aromatic rings. The van der Waals surface area contributed by atoms with Crippen molar-refractivity contribution in [1.82, 2.24) is 0 Å². The maximum Gasteiger partial charge on any atom is 0.335 e. The van der Waals surface area contributed by atoms with Crippen molar-refractivity contribution in [2.45, 2.75) is 4.21 Å². The molecule has 0 saturated heterocycles. The minimum atomic E-state index is -3.87. The molecule has 0 aliphatic rings. The zero-order valence-electron chi connectivity index (χ0n) is 9.70. The molecule has 20 heavy (non-hydrogen) atoms. The highest BCUT2D eigenvalue weighted by atomic mass is 79.9. The molecule has 0 atom stereocenters. The Hall–Kier alpha value is -1.58. The second-order valence-electron chi connectivity index (χ2n) is 3.70. The van der Waals surface area contributed by atoms with E-state index in [1.54, 1.807) is 6.07 Å². The average molecular weight is 378 g/mol. The Morgan fingerprint density at radius 3 is 2.50 bits per heavy atom. The molecule has 0 aliphatic heterocycles. The van der Waals surface area contributed by atoms with Crippen LogP contribution in [0, 0.1) is 0 Å². The lowest BCUT2D eigenvalue weighted by Crippen LogP contribution is -2.12. The van der Waals surface area contributed by atoms with Crippen LogP contribution in [0.25, 0.3) is 0 Å². The van der Waals surface area contributed by atoms with Crippen LogP contribution >= 0.6 is 27.3 Å². The van der Waals surface area contributed by atoms with E-state index in [1.165, 1.54) is 12.1 Å². The van der Waals surface area contributed by atoms with Gasteiger partial charge in [-0.1, -0.05) is 0 Å². The minimum absolute atomic E-state index is 0.0458. The van der Waals surface area contributed by atoms with Crippen molar-refractivity contribution in [1.29, 1.82) is 0 Å². The van der Waals surface area contributed by atoms with Crippen LogP contribution in [0.3, 0.4) is 0 Å². The summed E-state index contributed by atoms with van der Waals surface area (Å²) in [6.07, 6.45) is 0. The Balaban J connectivity index is 2.39. The molecular formula is C11H8BrNO5S2. The van der Waals surface area contributed by atoms with Crippen LogP contribution in [-0.4, -0.2) is 24.6 Å². The first-order valence-electron chi connectivity index (χ1n) is 5.14. The molecular weight excluding hydrogens is 370 g/mol. The fourth-order valence-corrected chi connectivity index (χ4v) is 4.46. The van der Waals surface area contributed by atoms with E-state index in [0.717, 1.165) is 23.5 Å². The molecule has 0 amide bonds. The molecule has 0 bridgehead atoms. The minimum Gasteiger partial charge on any atom is -0.506 e. The number of hydrogen-bond donors (Lipinski definition) is 3. The number of phenolic OH excluding ortho intramolecular Hbond substituents is 1. The summed E-state index contributed by atoms with van der Waals surface area (Å²) < 4.78 is 27.0. The summed E-state index contributed by atoms with van der Waals surface area (Å²) in [5, 5.41) is 18.5. The maximum atomic E-state index is 12.1. The van der Waals surface area contributed by atoms with E-state index in [0.29, 0.717) is 3.79 Å². The van der Waals surface area contributed by atoms with Crippen LogP contribution in [-0.2, 0) is 10.0 Å². The van der Waals surface area contributed by atoms with Crippen LogP contribution in [0.1, 0.15) is 10.4 Å². The van der Waals surface area contributed by atoms with Crippen LogP contribution in [0.4, 0.5) is 5.69 Å². The highest BCUT2D eigenvalue weighted by molar-refractivity contribution is 9.11. The largest absolute Gasteiger partial charge is 0.506 e. The van der Waals surface area contributed by atoms with Crippen molar-refractivity contribution in [3.8, 4) is 5.75 Å². The van der Waals surface area contributed by atoms with Crippen LogP contribution in [0.15, 0.2) is 38.3 Å². The quantitative estimate of drug-likeness (QED) is 0.710. The third-order valence-electron chi connectivity index (χ3n) is 2.30. The molecule has 1 heterocycles. The van der Waals surface area contributed by atoms with Crippen LogP contribution in [0.5, 0.6) is 5.75 Å². The normalized spacial score (nSPS) is 11.2. The second-order valence-corrected chi connectivity index (χ2v) is 8.07. The van der Waals surface area contributed by atoms with Gasteiger partial charge in [-0.05, 0) is 46.3 Å². The van der Waals surface area contributed by atoms with Gasteiger partial charge in [0.05, 0.1) is 15.0 Å². The van der Waals surface area contributed by atoms with Gasteiger partial charge in [0, 0.05) is 0 Å². The predicted octanol–water partition coefficient (Wildman–Crippen LogP) is 2.72. The molecule has 0 unspecified atom stereocenters. The van der Waals surface area contributed by atoms with Gasteiger partial charge in [0.1, 0.15) is 9.96 Å². The predicted molar refractivity (Wildman–Crippen MR) is 77.9 cm³/mol. The number of sulfonamides is 1. The van der Waals surface area contributed by atoms with E-state index in [-0.39, 0.29) is 21.2 Å². The number of nitrogens with one attached hydrogen (secondary N) is 1. The van der Waals surface area contributed by atoms with Crippen LogP contribution < -0.4 is 4.72 Å². The van der Waals surface area contributed by atoms with Crippen molar-refractivity contribution in [2.24, 2.45) is 0 Å². The van der Waals surface area contributed by atoms with Gasteiger partial charge in [-0.25, -0.2) is 13.2 Å². The Kier molecular flexibility index (Phi) is 4.02. The number of hydrogen-bond acceptors (Lipinski definition) is 5. The molecule has 9 heteroatoms. The monoisotopic (exact) mass is 377 g/mol.